The van der Waals surface area contributed by atoms with E-state index < -0.39 is 0 Å². The molecule has 2 nitrogen and oxygen atoms in total. The monoisotopic (exact) mass is 345 g/mol. The van der Waals surface area contributed by atoms with Crippen LogP contribution in [0.5, 0.6) is 0 Å². The predicted octanol–water partition coefficient (Wildman–Crippen LogP) is 1.64. The van der Waals surface area contributed by atoms with Gasteiger partial charge in [0, 0.05) is 22.9 Å². The third kappa shape index (κ3) is 3.37. The molecule has 2 aromatic carbocycles. The number of halogens is 1. The molecule has 0 amide bonds. The molecule has 0 aliphatic carbocycles. The molecule has 4 rings (SSSR count). The fourth-order valence-electron chi connectivity index (χ4n) is 3.66. The maximum atomic E-state index is 2.55. The molecule has 0 spiro atoms. The summed E-state index contributed by atoms with van der Waals surface area (Å²) in [6, 6.07) is 17.6. The Morgan fingerprint density at radius 1 is 1.00 bits per heavy atom. The molecule has 1 fully saturated rings. The highest BCUT2D eigenvalue weighted by molar-refractivity contribution is 7.99. The molecule has 1 unspecified atom stereocenters. The van der Waals surface area contributed by atoms with Crippen molar-refractivity contribution in [1.82, 2.24) is 4.90 Å². The molecule has 0 bridgehead atoms. The first kappa shape index (κ1) is 16.7. The Morgan fingerprint density at radius 2 is 1.61 bits per heavy atom. The van der Waals surface area contributed by atoms with Gasteiger partial charge in [-0.3, -0.25) is 0 Å². The zero-order valence-corrected chi connectivity index (χ0v) is 15.0. The molecule has 0 aromatic heterocycles. The molecule has 0 radical (unpaired) electrons. The van der Waals surface area contributed by atoms with E-state index in [4.69, 9.17) is 0 Å². The summed E-state index contributed by atoms with van der Waals surface area (Å²) in [6.07, 6.45) is 2.67. The average Bonchev–Trinajstić information content (AvgIpc) is 2.55. The summed E-state index contributed by atoms with van der Waals surface area (Å²) in [6.45, 7) is 3.59. The van der Waals surface area contributed by atoms with E-state index in [1.807, 2.05) is 11.8 Å². The number of hydrogen-bond donors (Lipinski definition) is 0. The number of para-hydroxylation sites is 2. The van der Waals surface area contributed by atoms with Crippen molar-refractivity contribution in [2.45, 2.75) is 22.6 Å². The van der Waals surface area contributed by atoms with E-state index in [9.17, 15) is 0 Å². The highest BCUT2D eigenvalue weighted by atomic mass is 35.5. The Balaban J connectivity index is 0.00000156. The van der Waals surface area contributed by atoms with Crippen LogP contribution < -0.4 is 17.3 Å². The van der Waals surface area contributed by atoms with Gasteiger partial charge in [-0.25, -0.2) is 0 Å². The van der Waals surface area contributed by atoms with E-state index >= 15 is 0 Å². The third-order valence-corrected chi connectivity index (χ3v) is 5.83. The van der Waals surface area contributed by atoms with Crippen LogP contribution >= 0.6 is 11.8 Å². The first-order valence-corrected chi connectivity index (χ1v) is 8.95. The number of rotatable bonds is 2. The Kier molecular flexibility index (Phi) is 5.20. The minimum atomic E-state index is 0. The van der Waals surface area contributed by atoms with Gasteiger partial charge in [0.25, 0.3) is 0 Å². The smallest absolute Gasteiger partial charge is 0.0552 e. The zero-order chi connectivity index (χ0) is 14.9. The summed E-state index contributed by atoms with van der Waals surface area (Å²) < 4.78 is 0. The Morgan fingerprint density at radius 3 is 2.22 bits per heavy atom. The van der Waals surface area contributed by atoms with E-state index in [1.54, 1.807) is 0 Å². The lowest BCUT2D eigenvalue weighted by Crippen LogP contribution is -3.00. The van der Waals surface area contributed by atoms with Crippen molar-refractivity contribution in [3.8, 4) is 0 Å². The SMILES string of the molecule is CN1CCCC(CN2c3ccccc3Sc3ccccc32)C1.[Cl-]. The fraction of sp³-hybridized carbons (Fsp3) is 0.368. The van der Waals surface area contributed by atoms with Gasteiger partial charge in [0.05, 0.1) is 11.4 Å². The van der Waals surface area contributed by atoms with Crippen LogP contribution in [0.4, 0.5) is 11.4 Å². The molecule has 2 aromatic rings. The second-order valence-electron chi connectivity index (χ2n) is 6.42. The second kappa shape index (κ2) is 7.16. The van der Waals surface area contributed by atoms with Crippen LogP contribution in [0.1, 0.15) is 12.8 Å². The molecule has 1 saturated heterocycles. The van der Waals surface area contributed by atoms with Gasteiger partial charge >= 0.3 is 0 Å². The molecule has 1 atom stereocenters. The normalized spacial score (nSPS) is 20.4. The predicted molar refractivity (Wildman–Crippen MR) is 94.2 cm³/mol. The zero-order valence-electron chi connectivity index (χ0n) is 13.4. The van der Waals surface area contributed by atoms with Crippen LogP contribution in [-0.4, -0.2) is 31.6 Å². The first-order valence-electron chi connectivity index (χ1n) is 8.13. The van der Waals surface area contributed by atoms with Gasteiger partial charge in [-0.15, -0.1) is 0 Å². The van der Waals surface area contributed by atoms with Crippen LogP contribution in [0.2, 0.25) is 0 Å². The van der Waals surface area contributed by atoms with Gasteiger partial charge in [-0.2, -0.15) is 0 Å². The van der Waals surface area contributed by atoms with Crippen LogP contribution in [-0.2, 0) is 0 Å². The highest BCUT2D eigenvalue weighted by Gasteiger charge is 2.26. The maximum Gasteiger partial charge on any atom is 0.0552 e. The summed E-state index contributed by atoms with van der Waals surface area (Å²) in [5, 5.41) is 0. The van der Waals surface area contributed by atoms with Gasteiger partial charge in [-0.1, -0.05) is 36.0 Å². The maximum absolute atomic E-state index is 2.55. The van der Waals surface area contributed by atoms with Crippen LogP contribution in [0, 0.1) is 5.92 Å². The molecule has 2 aliphatic heterocycles. The molecular formula is C19H22ClN2S-. The van der Waals surface area contributed by atoms with Crippen molar-refractivity contribution in [3.63, 3.8) is 0 Å². The van der Waals surface area contributed by atoms with Gasteiger partial charge in [0.1, 0.15) is 0 Å². The molecule has 23 heavy (non-hydrogen) atoms. The lowest BCUT2D eigenvalue weighted by Gasteiger charge is -2.38. The minimum absolute atomic E-state index is 0. The highest BCUT2D eigenvalue weighted by Crippen LogP contribution is 2.48. The largest absolute Gasteiger partial charge is 1.00 e. The average molecular weight is 346 g/mol. The summed E-state index contributed by atoms with van der Waals surface area (Å²) in [5.74, 6) is 0.753. The summed E-state index contributed by atoms with van der Waals surface area (Å²) in [5.41, 5.74) is 2.75. The van der Waals surface area contributed by atoms with Crippen molar-refractivity contribution in [3.05, 3.63) is 48.5 Å². The van der Waals surface area contributed by atoms with Crippen LogP contribution in [0.15, 0.2) is 58.3 Å². The number of fused-ring (bicyclic) bond motifs is 2. The standard InChI is InChI=1S/C19H22N2S.ClH/c1-20-12-6-7-15(13-20)14-21-16-8-2-4-10-18(16)22-19-11-5-3-9-17(19)21;/h2-5,8-11,15H,6-7,12-14H2,1H3;1H/p-1. The van der Waals surface area contributed by atoms with E-state index in [-0.39, 0.29) is 12.4 Å². The van der Waals surface area contributed by atoms with Gasteiger partial charge in [-0.05, 0) is 56.6 Å². The third-order valence-electron chi connectivity index (χ3n) is 4.69. The van der Waals surface area contributed by atoms with E-state index in [0.29, 0.717) is 0 Å². The number of anilines is 2. The molecule has 0 N–H and O–H groups in total. The Hall–Kier alpha value is -1.16. The van der Waals surface area contributed by atoms with Crippen molar-refractivity contribution < 1.29 is 12.4 Å². The number of hydrogen-bond acceptors (Lipinski definition) is 3. The first-order chi connectivity index (χ1) is 10.8. The number of benzene rings is 2. The number of piperidine rings is 1. The molecule has 4 heteroatoms. The number of likely N-dealkylation sites (tertiary alicyclic amines) is 1. The van der Waals surface area contributed by atoms with E-state index in [1.165, 1.54) is 47.1 Å². The fourth-order valence-corrected chi connectivity index (χ4v) is 4.75. The van der Waals surface area contributed by atoms with Gasteiger partial charge in [0.2, 0.25) is 0 Å². The second-order valence-corrected chi connectivity index (χ2v) is 7.50. The summed E-state index contributed by atoms with van der Waals surface area (Å²) in [7, 11) is 2.25. The van der Waals surface area contributed by atoms with Gasteiger partial charge in [0.15, 0.2) is 0 Å². The Labute approximate surface area is 149 Å². The quantitative estimate of drug-likeness (QED) is 0.817. The van der Waals surface area contributed by atoms with Crippen molar-refractivity contribution in [1.29, 1.82) is 0 Å². The molecule has 0 saturated carbocycles. The van der Waals surface area contributed by atoms with E-state index in [0.717, 1.165) is 12.5 Å². The van der Waals surface area contributed by atoms with Crippen molar-refractivity contribution in [2.24, 2.45) is 5.92 Å². The van der Waals surface area contributed by atoms with Gasteiger partial charge < -0.3 is 22.2 Å². The lowest BCUT2D eigenvalue weighted by atomic mass is 9.97. The summed E-state index contributed by atoms with van der Waals surface area (Å²) >= 11 is 1.90. The molecule has 122 valence electrons. The topological polar surface area (TPSA) is 6.48 Å². The summed E-state index contributed by atoms with van der Waals surface area (Å²) in [4.78, 5) is 7.78. The molecular weight excluding hydrogens is 324 g/mol. The molecule has 2 heterocycles. The Bertz CT molecular complexity index is 630. The van der Waals surface area contributed by atoms with Crippen LogP contribution in [0.3, 0.4) is 0 Å². The van der Waals surface area contributed by atoms with Crippen molar-refractivity contribution in [2.75, 3.05) is 31.6 Å². The van der Waals surface area contributed by atoms with Crippen molar-refractivity contribution >= 4 is 23.1 Å². The van der Waals surface area contributed by atoms with E-state index in [2.05, 4.69) is 65.4 Å². The van der Waals surface area contributed by atoms with Crippen LogP contribution in [0.25, 0.3) is 0 Å². The number of nitrogens with zero attached hydrogens (tertiary/aromatic N) is 2. The lowest BCUT2D eigenvalue weighted by molar-refractivity contribution is -0.00000440. The molecule has 2 aliphatic rings. The minimum Gasteiger partial charge on any atom is -1.00 e.